The van der Waals surface area contributed by atoms with Crippen molar-refractivity contribution in [2.45, 2.75) is 26.4 Å². The van der Waals surface area contributed by atoms with Crippen molar-refractivity contribution in [2.24, 2.45) is 5.41 Å². The summed E-state index contributed by atoms with van der Waals surface area (Å²) in [4.78, 5) is 15.8. The zero-order valence-corrected chi connectivity index (χ0v) is 12.4. The predicted molar refractivity (Wildman–Crippen MR) is 73.6 cm³/mol. The molecule has 0 saturated carbocycles. The summed E-state index contributed by atoms with van der Waals surface area (Å²) in [5.74, 6) is -0.846. The van der Waals surface area contributed by atoms with Crippen LogP contribution in [0, 0.1) is 5.41 Å². The second kappa shape index (κ2) is 7.44. The molecule has 0 fully saturated rings. The van der Waals surface area contributed by atoms with Crippen LogP contribution in [-0.4, -0.2) is 41.9 Å². The van der Waals surface area contributed by atoms with Gasteiger partial charge in [0.25, 0.3) is 5.91 Å². The minimum atomic E-state index is -4.49. The van der Waals surface area contributed by atoms with Crippen molar-refractivity contribution in [2.75, 3.05) is 19.8 Å². The minimum absolute atomic E-state index is 0.0214. The molecule has 0 bridgehead atoms. The summed E-state index contributed by atoms with van der Waals surface area (Å²) in [5.41, 5.74) is -0.543. The third kappa shape index (κ3) is 6.30. The van der Waals surface area contributed by atoms with Gasteiger partial charge < -0.3 is 15.2 Å². The number of halogens is 3. The molecule has 0 radical (unpaired) electrons. The van der Waals surface area contributed by atoms with Crippen molar-refractivity contribution in [1.29, 1.82) is 0 Å². The molecule has 1 rings (SSSR count). The number of hydrogen-bond donors (Lipinski definition) is 2. The fourth-order valence-corrected chi connectivity index (χ4v) is 1.63. The molecule has 0 aliphatic rings. The molecule has 124 valence electrons. The number of rotatable bonds is 7. The van der Waals surface area contributed by atoms with E-state index in [1.54, 1.807) is 0 Å². The molecular formula is C14H19F3N2O3. The SMILES string of the molecule is CC(C)(CCO)CNC(=O)c1ncccc1OCC(F)(F)F. The summed E-state index contributed by atoms with van der Waals surface area (Å²) in [5, 5.41) is 11.5. The Bertz CT molecular complexity index is 504. The van der Waals surface area contributed by atoms with Gasteiger partial charge in [0.1, 0.15) is 0 Å². The Morgan fingerprint density at radius 2 is 2.09 bits per heavy atom. The zero-order chi connectivity index (χ0) is 16.8. The van der Waals surface area contributed by atoms with Gasteiger partial charge in [-0.25, -0.2) is 4.98 Å². The number of amides is 1. The van der Waals surface area contributed by atoms with Gasteiger partial charge in [-0.3, -0.25) is 4.79 Å². The van der Waals surface area contributed by atoms with Gasteiger partial charge in [-0.05, 0) is 24.0 Å². The van der Waals surface area contributed by atoms with Gasteiger partial charge in [0.15, 0.2) is 18.1 Å². The fourth-order valence-electron chi connectivity index (χ4n) is 1.63. The Hall–Kier alpha value is -1.83. The second-order valence-electron chi connectivity index (χ2n) is 5.57. The summed E-state index contributed by atoms with van der Waals surface area (Å²) < 4.78 is 41.2. The van der Waals surface area contributed by atoms with Gasteiger partial charge in [-0.15, -0.1) is 0 Å². The summed E-state index contributed by atoms with van der Waals surface area (Å²) in [6.45, 7) is 2.44. The largest absolute Gasteiger partial charge is 0.482 e. The van der Waals surface area contributed by atoms with E-state index in [4.69, 9.17) is 5.11 Å². The molecule has 0 aliphatic heterocycles. The zero-order valence-electron chi connectivity index (χ0n) is 12.4. The maximum atomic E-state index is 12.2. The van der Waals surface area contributed by atoms with Crippen molar-refractivity contribution in [1.82, 2.24) is 10.3 Å². The van der Waals surface area contributed by atoms with Crippen LogP contribution in [0.15, 0.2) is 18.3 Å². The lowest BCUT2D eigenvalue weighted by molar-refractivity contribution is -0.153. The molecule has 5 nitrogen and oxygen atoms in total. The van der Waals surface area contributed by atoms with E-state index < -0.39 is 18.7 Å². The summed E-state index contributed by atoms with van der Waals surface area (Å²) in [7, 11) is 0. The second-order valence-corrected chi connectivity index (χ2v) is 5.57. The van der Waals surface area contributed by atoms with Crippen LogP contribution >= 0.6 is 0 Å². The van der Waals surface area contributed by atoms with E-state index in [-0.39, 0.29) is 30.0 Å². The lowest BCUT2D eigenvalue weighted by atomic mass is 9.90. The highest BCUT2D eigenvalue weighted by atomic mass is 19.4. The van der Waals surface area contributed by atoms with Crippen molar-refractivity contribution < 1.29 is 27.8 Å². The maximum Gasteiger partial charge on any atom is 0.422 e. The van der Waals surface area contributed by atoms with Gasteiger partial charge in [0.05, 0.1) is 0 Å². The first-order valence-electron chi connectivity index (χ1n) is 6.68. The smallest absolute Gasteiger partial charge is 0.422 e. The monoisotopic (exact) mass is 320 g/mol. The Morgan fingerprint density at radius 3 is 2.68 bits per heavy atom. The number of hydrogen-bond acceptors (Lipinski definition) is 4. The van der Waals surface area contributed by atoms with Crippen LogP contribution in [-0.2, 0) is 0 Å². The molecule has 1 heterocycles. The summed E-state index contributed by atoms with van der Waals surface area (Å²) >= 11 is 0. The third-order valence-electron chi connectivity index (χ3n) is 2.89. The molecule has 0 aliphatic carbocycles. The number of aliphatic hydroxyl groups excluding tert-OH is 1. The number of nitrogens with zero attached hydrogens (tertiary/aromatic N) is 1. The van der Waals surface area contributed by atoms with Gasteiger partial charge in [0, 0.05) is 19.3 Å². The molecule has 0 atom stereocenters. The number of nitrogens with one attached hydrogen (secondary N) is 1. The number of aliphatic hydroxyl groups is 1. The van der Waals surface area contributed by atoms with E-state index in [1.807, 2.05) is 13.8 Å². The van der Waals surface area contributed by atoms with E-state index in [9.17, 15) is 18.0 Å². The van der Waals surface area contributed by atoms with Crippen LogP contribution < -0.4 is 10.1 Å². The number of ether oxygens (including phenoxy) is 1. The van der Waals surface area contributed by atoms with Gasteiger partial charge in [-0.2, -0.15) is 13.2 Å². The fraction of sp³-hybridized carbons (Fsp3) is 0.571. The molecule has 8 heteroatoms. The molecule has 0 spiro atoms. The van der Waals surface area contributed by atoms with Gasteiger partial charge in [0.2, 0.25) is 0 Å². The van der Waals surface area contributed by atoms with E-state index >= 15 is 0 Å². The van der Waals surface area contributed by atoms with E-state index in [0.29, 0.717) is 6.42 Å². The van der Waals surface area contributed by atoms with Crippen molar-refractivity contribution >= 4 is 5.91 Å². The Balaban J connectivity index is 2.73. The Labute approximate surface area is 126 Å². The number of aromatic nitrogens is 1. The predicted octanol–water partition coefficient (Wildman–Crippen LogP) is 2.16. The highest BCUT2D eigenvalue weighted by molar-refractivity contribution is 5.94. The van der Waals surface area contributed by atoms with E-state index in [2.05, 4.69) is 15.0 Å². The molecule has 22 heavy (non-hydrogen) atoms. The number of carbonyl (C=O) groups excluding carboxylic acids is 1. The minimum Gasteiger partial charge on any atom is -0.482 e. The first-order chi connectivity index (χ1) is 10.1. The third-order valence-corrected chi connectivity index (χ3v) is 2.89. The molecule has 0 saturated heterocycles. The van der Waals surface area contributed by atoms with Crippen molar-refractivity contribution in [3.63, 3.8) is 0 Å². The molecule has 1 aromatic rings. The van der Waals surface area contributed by atoms with Crippen molar-refractivity contribution in [3.05, 3.63) is 24.0 Å². The number of carbonyl (C=O) groups is 1. The van der Waals surface area contributed by atoms with Crippen LogP contribution in [0.2, 0.25) is 0 Å². The normalized spacial score (nSPS) is 12.1. The first-order valence-corrected chi connectivity index (χ1v) is 6.68. The molecule has 2 N–H and O–H groups in total. The molecule has 1 aromatic heterocycles. The van der Waals surface area contributed by atoms with Crippen LogP contribution in [0.1, 0.15) is 30.8 Å². The Kier molecular flexibility index (Phi) is 6.16. The van der Waals surface area contributed by atoms with Gasteiger partial charge >= 0.3 is 6.18 Å². The average molecular weight is 320 g/mol. The molecule has 0 aromatic carbocycles. The molecule has 1 amide bonds. The van der Waals surface area contributed by atoms with Crippen LogP contribution in [0.4, 0.5) is 13.2 Å². The lowest BCUT2D eigenvalue weighted by Gasteiger charge is -2.23. The summed E-state index contributed by atoms with van der Waals surface area (Å²) in [6.07, 6.45) is -2.71. The number of pyridine rings is 1. The van der Waals surface area contributed by atoms with E-state index in [1.165, 1.54) is 18.3 Å². The topological polar surface area (TPSA) is 71.5 Å². The van der Waals surface area contributed by atoms with E-state index in [0.717, 1.165) is 0 Å². The van der Waals surface area contributed by atoms with Crippen molar-refractivity contribution in [3.8, 4) is 5.75 Å². The maximum absolute atomic E-state index is 12.2. The van der Waals surface area contributed by atoms with Crippen LogP contribution in [0.3, 0.4) is 0 Å². The quantitative estimate of drug-likeness (QED) is 0.807. The van der Waals surface area contributed by atoms with Gasteiger partial charge in [-0.1, -0.05) is 13.8 Å². The summed E-state index contributed by atoms with van der Waals surface area (Å²) in [6, 6.07) is 2.64. The standard InChI is InChI=1S/C14H19F3N2O3/c1-13(2,5-7-20)8-19-12(21)11-10(4-3-6-18-11)22-9-14(15,16)17/h3-4,6,20H,5,7-9H2,1-2H3,(H,19,21). The van der Waals surface area contributed by atoms with Crippen LogP contribution in [0.5, 0.6) is 5.75 Å². The number of alkyl halides is 3. The molecular weight excluding hydrogens is 301 g/mol. The highest BCUT2D eigenvalue weighted by Gasteiger charge is 2.29. The highest BCUT2D eigenvalue weighted by Crippen LogP contribution is 2.22. The van der Waals surface area contributed by atoms with Crippen LogP contribution in [0.25, 0.3) is 0 Å². The lowest BCUT2D eigenvalue weighted by Crippen LogP contribution is -2.35. The Morgan fingerprint density at radius 1 is 1.41 bits per heavy atom. The molecule has 0 unspecified atom stereocenters. The average Bonchev–Trinajstić information content (AvgIpc) is 2.42. The first kappa shape index (κ1) is 18.2.